The van der Waals surface area contributed by atoms with Gasteiger partial charge in [0.25, 0.3) is 11.8 Å². The molecular formula is C12H21N3O4S. The topological polar surface area (TPSA) is 90.3 Å². The van der Waals surface area contributed by atoms with Crippen LogP contribution in [0, 0.1) is 0 Å². The minimum atomic E-state index is -3.71. The molecule has 0 bridgehead atoms. The Balaban J connectivity index is 3.05. The van der Waals surface area contributed by atoms with Gasteiger partial charge < -0.3 is 9.50 Å². The van der Waals surface area contributed by atoms with E-state index in [9.17, 15) is 13.2 Å². The van der Waals surface area contributed by atoms with Gasteiger partial charge in [0.1, 0.15) is 5.56 Å². The maximum Gasteiger partial charge on any atom is 0.310 e. The molecule has 1 atom stereocenters. The molecule has 0 aliphatic heterocycles. The fourth-order valence-corrected chi connectivity index (χ4v) is 1.85. The number of nitrogens with one attached hydrogen (secondary N) is 1. The van der Waals surface area contributed by atoms with E-state index in [0.717, 1.165) is 6.42 Å². The molecule has 0 aromatic carbocycles. The molecule has 0 fully saturated rings. The molecule has 0 saturated carbocycles. The van der Waals surface area contributed by atoms with Gasteiger partial charge in [-0.15, -0.1) is 5.10 Å². The van der Waals surface area contributed by atoms with E-state index in [1.54, 1.807) is 0 Å². The third kappa shape index (κ3) is 4.22. The number of rotatable bonds is 7. The highest BCUT2D eigenvalue weighted by atomic mass is 32.2. The van der Waals surface area contributed by atoms with Gasteiger partial charge in [0.15, 0.2) is 0 Å². The normalized spacial score (nSPS) is 13.0. The van der Waals surface area contributed by atoms with Crippen molar-refractivity contribution >= 4 is 16.0 Å². The van der Waals surface area contributed by atoms with Gasteiger partial charge in [0.05, 0.1) is 5.75 Å². The Morgan fingerprint density at radius 2 is 2.10 bits per heavy atom. The maximum atomic E-state index is 12.1. The van der Waals surface area contributed by atoms with Crippen LogP contribution >= 0.6 is 0 Å². The summed E-state index contributed by atoms with van der Waals surface area (Å²) >= 11 is 0. The molecule has 0 saturated heterocycles. The highest BCUT2D eigenvalue weighted by molar-refractivity contribution is 7.87. The average molecular weight is 303 g/mol. The standard InChI is InChI=1S/C12H21N3O4S/c1-5-9(4)13-11(16)10-8-15(6-2)14-12(10)19-20(17,18)7-3/h8-9H,5-7H2,1-4H3,(H,13,16). The first kappa shape index (κ1) is 16.5. The van der Waals surface area contributed by atoms with Gasteiger partial charge in [-0.3, -0.25) is 9.48 Å². The van der Waals surface area contributed by atoms with E-state index in [1.165, 1.54) is 17.8 Å². The third-order valence-corrected chi connectivity index (χ3v) is 3.96. The number of carbonyl (C=O) groups excluding carboxylic acids is 1. The lowest BCUT2D eigenvalue weighted by Gasteiger charge is -2.10. The highest BCUT2D eigenvalue weighted by Crippen LogP contribution is 2.18. The second kappa shape index (κ2) is 6.74. The van der Waals surface area contributed by atoms with E-state index in [4.69, 9.17) is 4.18 Å². The van der Waals surface area contributed by atoms with Crippen molar-refractivity contribution < 1.29 is 17.4 Å². The fourth-order valence-electron chi connectivity index (χ4n) is 1.37. The predicted octanol–water partition coefficient (Wildman–Crippen LogP) is 1.16. The van der Waals surface area contributed by atoms with Crippen LogP contribution < -0.4 is 9.50 Å². The molecule has 20 heavy (non-hydrogen) atoms. The van der Waals surface area contributed by atoms with Crippen molar-refractivity contribution in [1.29, 1.82) is 0 Å². The zero-order valence-corrected chi connectivity index (χ0v) is 13.0. The SMILES string of the molecule is CCC(C)NC(=O)c1cn(CC)nc1OS(=O)(=O)CC. The molecule has 0 aliphatic rings. The van der Waals surface area contributed by atoms with E-state index in [-0.39, 0.29) is 29.1 Å². The smallest absolute Gasteiger partial charge is 0.310 e. The number of aromatic nitrogens is 2. The third-order valence-electron chi connectivity index (χ3n) is 2.85. The Morgan fingerprint density at radius 3 is 2.60 bits per heavy atom. The zero-order valence-electron chi connectivity index (χ0n) is 12.2. The Morgan fingerprint density at radius 1 is 1.45 bits per heavy atom. The number of amides is 1. The van der Waals surface area contributed by atoms with Crippen LogP contribution in [0.15, 0.2) is 6.20 Å². The zero-order chi connectivity index (χ0) is 15.3. The fraction of sp³-hybridized carbons (Fsp3) is 0.667. The summed E-state index contributed by atoms with van der Waals surface area (Å²) in [5, 5.41) is 6.73. The average Bonchev–Trinajstić information content (AvgIpc) is 2.81. The summed E-state index contributed by atoms with van der Waals surface area (Å²) in [4.78, 5) is 12.1. The molecule has 0 radical (unpaired) electrons. The van der Waals surface area contributed by atoms with Crippen LogP contribution in [0.3, 0.4) is 0 Å². The Labute approximate surface area is 119 Å². The maximum absolute atomic E-state index is 12.1. The molecule has 114 valence electrons. The second-order valence-corrected chi connectivity index (χ2v) is 6.28. The van der Waals surface area contributed by atoms with Crippen LogP contribution in [0.25, 0.3) is 0 Å². The molecule has 8 heteroatoms. The van der Waals surface area contributed by atoms with Crippen molar-refractivity contribution in [3.8, 4) is 5.88 Å². The monoisotopic (exact) mass is 303 g/mol. The number of nitrogens with zero attached hydrogens (tertiary/aromatic N) is 2. The van der Waals surface area contributed by atoms with Gasteiger partial charge >= 0.3 is 10.1 Å². The molecule has 1 heterocycles. The largest absolute Gasteiger partial charge is 0.359 e. The molecule has 1 aromatic rings. The lowest BCUT2D eigenvalue weighted by atomic mass is 10.2. The summed E-state index contributed by atoms with van der Waals surface area (Å²) in [6.45, 7) is 7.62. The van der Waals surface area contributed by atoms with Crippen LogP contribution in [0.1, 0.15) is 44.5 Å². The summed E-state index contributed by atoms with van der Waals surface area (Å²) in [7, 11) is -3.71. The van der Waals surface area contributed by atoms with Crippen LogP contribution in [-0.4, -0.2) is 35.9 Å². The van der Waals surface area contributed by atoms with E-state index < -0.39 is 10.1 Å². The summed E-state index contributed by atoms with van der Waals surface area (Å²) < 4.78 is 29.4. The van der Waals surface area contributed by atoms with Gasteiger partial charge in [-0.2, -0.15) is 8.42 Å². The van der Waals surface area contributed by atoms with Crippen molar-refractivity contribution in [3.63, 3.8) is 0 Å². The Hall–Kier alpha value is -1.57. The lowest BCUT2D eigenvalue weighted by Crippen LogP contribution is -2.32. The van der Waals surface area contributed by atoms with Gasteiger partial charge in [-0.05, 0) is 27.2 Å². The predicted molar refractivity (Wildman–Crippen MR) is 75.2 cm³/mol. The van der Waals surface area contributed by atoms with Gasteiger partial charge in [-0.25, -0.2) is 0 Å². The summed E-state index contributed by atoms with van der Waals surface area (Å²) in [5.74, 6) is -0.742. The highest BCUT2D eigenvalue weighted by Gasteiger charge is 2.22. The summed E-state index contributed by atoms with van der Waals surface area (Å²) in [6, 6.07) is -0.0110. The van der Waals surface area contributed by atoms with E-state index in [0.29, 0.717) is 6.54 Å². The van der Waals surface area contributed by atoms with Crippen molar-refractivity contribution in [2.75, 3.05) is 5.75 Å². The van der Waals surface area contributed by atoms with Crippen molar-refractivity contribution in [3.05, 3.63) is 11.8 Å². The molecule has 1 amide bonds. The Kier molecular flexibility index (Phi) is 5.55. The quantitative estimate of drug-likeness (QED) is 0.763. The molecule has 1 rings (SSSR count). The van der Waals surface area contributed by atoms with E-state index in [2.05, 4.69) is 10.4 Å². The summed E-state index contributed by atoms with van der Waals surface area (Å²) in [6.07, 6.45) is 2.26. The molecule has 1 N–H and O–H groups in total. The van der Waals surface area contributed by atoms with Gasteiger partial charge in [-0.1, -0.05) is 6.92 Å². The molecule has 1 aromatic heterocycles. The first-order valence-corrected chi connectivity index (χ1v) is 8.21. The first-order valence-electron chi connectivity index (χ1n) is 6.63. The van der Waals surface area contributed by atoms with Crippen molar-refractivity contribution in [2.24, 2.45) is 0 Å². The van der Waals surface area contributed by atoms with Crippen LogP contribution in [0.4, 0.5) is 0 Å². The minimum Gasteiger partial charge on any atom is -0.359 e. The van der Waals surface area contributed by atoms with Crippen molar-refractivity contribution in [1.82, 2.24) is 15.1 Å². The molecular weight excluding hydrogens is 282 g/mol. The van der Waals surface area contributed by atoms with Crippen LogP contribution in [0.2, 0.25) is 0 Å². The summed E-state index contributed by atoms with van der Waals surface area (Å²) in [5.41, 5.74) is 0.129. The van der Waals surface area contributed by atoms with Gasteiger partial charge in [0, 0.05) is 18.8 Å². The van der Waals surface area contributed by atoms with Gasteiger partial charge in [0.2, 0.25) is 0 Å². The molecule has 0 aliphatic carbocycles. The molecule has 1 unspecified atom stereocenters. The lowest BCUT2D eigenvalue weighted by molar-refractivity contribution is 0.0937. The first-order chi connectivity index (χ1) is 9.32. The Bertz CT molecular complexity index is 565. The number of carbonyl (C=O) groups is 1. The second-order valence-electron chi connectivity index (χ2n) is 4.42. The molecule has 7 nitrogen and oxygen atoms in total. The number of aryl methyl sites for hydroxylation is 1. The van der Waals surface area contributed by atoms with Crippen molar-refractivity contribution in [2.45, 2.75) is 46.7 Å². The number of hydrogen-bond acceptors (Lipinski definition) is 5. The minimum absolute atomic E-state index is 0.0110. The van der Waals surface area contributed by atoms with Crippen LogP contribution in [-0.2, 0) is 16.7 Å². The van der Waals surface area contributed by atoms with Crippen LogP contribution in [0.5, 0.6) is 5.88 Å². The van der Waals surface area contributed by atoms with E-state index in [1.807, 2.05) is 20.8 Å². The number of hydrogen-bond donors (Lipinski definition) is 1. The molecule has 0 spiro atoms. The van der Waals surface area contributed by atoms with E-state index >= 15 is 0 Å².